The maximum absolute atomic E-state index is 14.2. The van der Waals surface area contributed by atoms with E-state index in [1.165, 1.54) is 12.3 Å². The van der Waals surface area contributed by atoms with Crippen LogP contribution in [-0.4, -0.2) is 61.6 Å². The predicted octanol–water partition coefficient (Wildman–Crippen LogP) is 4.14. The van der Waals surface area contributed by atoms with Gasteiger partial charge in [0.25, 0.3) is 11.8 Å². The third-order valence-corrected chi connectivity index (χ3v) is 9.22. The van der Waals surface area contributed by atoms with Crippen LogP contribution in [0.3, 0.4) is 0 Å². The number of nitrogens with two attached hydrogens (primary N) is 1. The van der Waals surface area contributed by atoms with Gasteiger partial charge in [-0.05, 0) is 49.9 Å². The lowest BCUT2D eigenvalue weighted by Crippen LogP contribution is -2.32. The van der Waals surface area contributed by atoms with Crippen LogP contribution in [0, 0.1) is 6.92 Å². The minimum Gasteiger partial charge on any atom is -0.356 e. The van der Waals surface area contributed by atoms with Crippen molar-refractivity contribution in [1.82, 2.24) is 14.8 Å². The third kappa shape index (κ3) is 6.15. The van der Waals surface area contributed by atoms with E-state index in [9.17, 15) is 22.6 Å². The number of carbonyl (C=O) groups is 2. The van der Waals surface area contributed by atoms with Crippen LogP contribution in [0.2, 0.25) is 0 Å². The molecular formula is C28H33F2N7O3S. The lowest BCUT2D eigenvalue weighted by molar-refractivity contribution is -0.119. The first-order chi connectivity index (χ1) is 19.3. The first kappa shape index (κ1) is 28.8. The van der Waals surface area contributed by atoms with Gasteiger partial charge in [-0.15, -0.1) is 0 Å². The number of carbonyl (C=O) groups excluding carboxylic acids is 2. The Morgan fingerprint density at radius 1 is 1.15 bits per heavy atom. The molecule has 10 nitrogen and oxygen atoms in total. The molecule has 0 bridgehead atoms. The molecule has 3 aromatic rings. The number of alkyl halides is 2. The van der Waals surface area contributed by atoms with Crippen LogP contribution in [0.5, 0.6) is 0 Å². The zero-order valence-corrected chi connectivity index (χ0v) is 24.0. The number of aromatic nitrogens is 3. The highest BCUT2D eigenvalue weighted by Gasteiger charge is 2.46. The molecule has 2 fully saturated rings. The van der Waals surface area contributed by atoms with Gasteiger partial charge >= 0.3 is 0 Å². The van der Waals surface area contributed by atoms with Gasteiger partial charge in [-0.1, -0.05) is 6.07 Å². The summed E-state index contributed by atoms with van der Waals surface area (Å²) in [6.07, 6.45) is 7.17. The molecule has 0 spiro atoms. The van der Waals surface area contributed by atoms with Gasteiger partial charge in [-0.3, -0.25) is 14.3 Å². The highest BCUT2D eigenvalue weighted by molar-refractivity contribution is 7.93. The smallest absolute Gasteiger partial charge is 0.274 e. The van der Waals surface area contributed by atoms with Crippen LogP contribution in [0.25, 0.3) is 11.1 Å². The van der Waals surface area contributed by atoms with E-state index in [4.69, 9.17) is 5.73 Å². The minimum atomic E-state index is -3.12. The van der Waals surface area contributed by atoms with Crippen molar-refractivity contribution in [3.8, 4) is 11.1 Å². The number of pyridine rings is 1. The number of hydrogen-bond donors (Lipinski definition) is 2. The summed E-state index contributed by atoms with van der Waals surface area (Å²) in [6, 6.07) is 6.32. The molecule has 0 unspecified atom stereocenters. The van der Waals surface area contributed by atoms with Gasteiger partial charge in [-0.2, -0.15) is 9.46 Å². The van der Waals surface area contributed by atoms with Crippen molar-refractivity contribution >= 4 is 33.0 Å². The lowest BCUT2D eigenvalue weighted by atomic mass is 9.99. The van der Waals surface area contributed by atoms with Gasteiger partial charge in [0.2, 0.25) is 5.92 Å². The number of hydrogen-bond acceptors (Lipinski definition) is 7. The van der Waals surface area contributed by atoms with E-state index < -0.39 is 33.0 Å². The molecule has 218 valence electrons. The summed E-state index contributed by atoms with van der Waals surface area (Å²) in [5.41, 5.74) is 7.52. The second kappa shape index (κ2) is 10.6. The van der Waals surface area contributed by atoms with Crippen molar-refractivity contribution in [2.45, 2.75) is 55.4 Å². The summed E-state index contributed by atoms with van der Waals surface area (Å²) in [5, 5.41) is 7.07. The molecular weight excluding hydrogens is 552 g/mol. The molecule has 1 saturated carbocycles. The van der Waals surface area contributed by atoms with Crippen LogP contribution in [0.15, 0.2) is 52.1 Å². The SMILES string of the molecule is Cc1c(-c2cnn(C)c2)cnc(N2CCCC(F)(F)CC2)c1C(=O)Nc1cccc([S@@](C)(=O)=NC(=O)C2(N)CC2)c1. The summed E-state index contributed by atoms with van der Waals surface area (Å²) in [7, 11) is -1.34. The van der Waals surface area contributed by atoms with Crippen molar-refractivity contribution in [3.05, 3.63) is 54.0 Å². The lowest BCUT2D eigenvalue weighted by Gasteiger charge is -2.26. The molecule has 1 aliphatic heterocycles. The third-order valence-electron chi connectivity index (χ3n) is 7.58. The molecule has 2 aromatic heterocycles. The Hall–Kier alpha value is -3.71. The molecule has 2 amide bonds. The monoisotopic (exact) mass is 585 g/mol. The zero-order chi connectivity index (χ0) is 29.6. The normalized spacial score (nSPS) is 19.1. The Morgan fingerprint density at radius 2 is 1.90 bits per heavy atom. The fourth-order valence-electron chi connectivity index (χ4n) is 4.88. The van der Waals surface area contributed by atoms with E-state index in [0.29, 0.717) is 42.0 Å². The van der Waals surface area contributed by atoms with Crippen molar-refractivity contribution in [2.75, 3.05) is 29.6 Å². The number of nitrogens with zero attached hydrogens (tertiary/aromatic N) is 5. The highest BCUT2D eigenvalue weighted by Crippen LogP contribution is 2.36. The molecule has 1 aliphatic carbocycles. The molecule has 1 aromatic carbocycles. The molecule has 5 rings (SSSR count). The van der Waals surface area contributed by atoms with Gasteiger partial charge < -0.3 is 16.0 Å². The van der Waals surface area contributed by atoms with E-state index >= 15 is 0 Å². The largest absolute Gasteiger partial charge is 0.356 e. The highest BCUT2D eigenvalue weighted by atomic mass is 32.2. The summed E-state index contributed by atoms with van der Waals surface area (Å²) < 4.78 is 47.2. The van der Waals surface area contributed by atoms with Gasteiger partial charge in [0, 0.05) is 73.3 Å². The molecule has 1 saturated heterocycles. The average Bonchev–Trinajstić information content (AvgIpc) is 3.57. The molecule has 41 heavy (non-hydrogen) atoms. The van der Waals surface area contributed by atoms with Crippen molar-refractivity contribution < 1.29 is 22.6 Å². The quantitative estimate of drug-likeness (QED) is 0.444. The summed E-state index contributed by atoms with van der Waals surface area (Å²) >= 11 is 0. The van der Waals surface area contributed by atoms with Crippen LogP contribution in [0.4, 0.5) is 20.3 Å². The number of anilines is 2. The maximum Gasteiger partial charge on any atom is 0.274 e. The van der Waals surface area contributed by atoms with Crippen LogP contribution < -0.4 is 16.0 Å². The standard InChI is InChI=1S/C28H33F2N7O3S/c1-18-22(19-15-33-36(2)17-19)16-32-24(37-12-5-8-28(29,30)11-13-37)23(18)25(38)34-20-6-4-7-21(14-20)41(3,40)35-26(39)27(31)9-10-27/h4,6-7,14-17H,5,8-13,31H2,1-3H3,(H,34,38)/t41-/m1/s1. The topological polar surface area (TPSA) is 136 Å². The number of nitrogens with one attached hydrogen (secondary N) is 1. The van der Waals surface area contributed by atoms with Gasteiger partial charge in [-0.25, -0.2) is 18.0 Å². The molecule has 1 atom stereocenters. The van der Waals surface area contributed by atoms with Crippen LogP contribution in [-0.2, 0) is 21.6 Å². The Balaban J connectivity index is 1.50. The fourth-order valence-corrected chi connectivity index (χ4v) is 6.16. The summed E-state index contributed by atoms with van der Waals surface area (Å²) in [6.45, 7) is 2.17. The number of aryl methyl sites for hydroxylation is 1. The van der Waals surface area contributed by atoms with Crippen LogP contribution >= 0.6 is 0 Å². The number of amides is 2. The second-order valence-electron chi connectivity index (χ2n) is 10.9. The van der Waals surface area contributed by atoms with E-state index in [2.05, 4.69) is 19.8 Å². The Kier molecular flexibility index (Phi) is 7.45. The fraction of sp³-hybridized carbons (Fsp3) is 0.429. The van der Waals surface area contributed by atoms with E-state index in [0.717, 1.165) is 5.56 Å². The minimum absolute atomic E-state index is 0.0531. The van der Waals surface area contributed by atoms with Gasteiger partial charge in [0.05, 0.1) is 27.0 Å². The molecule has 0 radical (unpaired) electrons. The van der Waals surface area contributed by atoms with Crippen molar-refractivity contribution in [2.24, 2.45) is 17.1 Å². The molecule has 3 N–H and O–H groups in total. The van der Waals surface area contributed by atoms with Gasteiger partial charge in [0.15, 0.2) is 0 Å². The Labute approximate surface area is 237 Å². The Morgan fingerprint density at radius 3 is 2.59 bits per heavy atom. The second-order valence-corrected chi connectivity index (χ2v) is 13.2. The zero-order valence-electron chi connectivity index (χ0n) is 23.2. The number of rotatable bonds is 6. The summed E-state index contributed by atoms with van der Waals surface area (Å²) in [4.78, 5) is 32.9. The van der Waals surface area contributed by atoms with E-state index in [1.54, 1.807) is 60.3 Å². The predicted molar refractivity (Wildman–Crippen MR) is 153 cm³/mol. The summed E-state index contributed by atoms with van der Waals surface area (Å²) in [5.74, 6) is -3.55. The molecule has 13 heteroatoms. The van der Waals surface area contributed by atoms with Crippen LogP contribution in [0.1, 0.15) is 48.0 Å². The van der Waals surface area contributed by atoms with E-state index in [1.807, 2.05) is 0 Å². The van der Waals surface area contributed by atoms with Crippen molar-refractivity contribution in [3.63, 3.8) is 0 Å². The van der Waals surface area contributed by atoms with E-state index in [-0.39, 0.29) is 36.3 Å². The molecule has 3 heterocycles. The first-order valence-corrected chi connectivity index (χ1v) is 15.3. The number of benzene rings is 1. The molecule has 2 aliphatic rings. The maximum atomic E-state index is 14.2. The Bertz CT molecular complexity index is 1640. The van der Waals surface area contributed by atoms with Crippen molar-refractivity contribution in [1.29, 1.82) is 0 Å². The van der Waals surface area contributed by atoms with Gasteiger partial charge in [0.1, 0.15) is 5.82 Å². The first-order valence-electron chi connectivity index (χ1n) is 13.4. The number of halogens is 2. The average molecular weight is 586 g/mol.